The highest BCUT2D eigenvalue weighted by molar-refractivity contribution is 5.85. The lowest BCUT2D eigenvalue weighted by Gasteiger charge is -2.10. The first-order valence-corrected chi connectivity index (χ1v) is 7.42. The molecule has 0 spiro atoms. The molecule has 0 saturated heterocycles. The fourth-order valence-corrected chi connectivity index (χ4v) is 2.16. The predicted octanol–water partition coefficient (Wildman–Crippen LogP) is -0.0317. The van der Waals surface area contributed by atoms with Crippen LogP contribution in [0.2, 0.25) is 0 Å². The number of hydrogen-bond acceptors (Lipinski definition) is 6. The molecule has 0 aliphatic carbocycles. The number of carbonyl (C=O) groups is 2. The van der Waals surface area contributed by atoms with E-state index in [1.165, 1.54) is 12.1 Å². The number of H-pyrrole nitrogens is 1. The second-order valence-corrected chi connectivity index (χ2v) is 5.23. The van der Waals surface area contributed by atoms with Crippen molar-refractivity contribution >= 4 is 18.2 Å². The van der Waals surface area contributed by atoms with Crippen LogP contribution >= 0.6 is 0 Å². The molecule has 136 valence electrons. The van der Waals surface area contributed by atoms with Gasteiger partial charge in [-0.25, -0.2) is 14.2 Å². The molecule has 0 bridgehead atoms. The third-order valence-corrected chi connectivity index (χ3v) is 3.44. The van der Waals surface area contributed by atoms with Crippen molar-refractivity contribution in [3.05, 3.63) is 56.7 Å². The van der Waals surface area contributed by atoms with Crippen LogP contribution in [0.15, 0.2) is 44.9 Å². The molecule has 0 aliphatic rings. The number of aromatic nitrogens is 2. The maximum absolute atomic E-state index is 12.0. The summed E-state index contributed by atoms with van der Waals surface area (Å²) >= 11 is 0. The van der Waals surface area contributed by atoms with Gasteiger partial charge in [-0.3, -0.25) is 19.6 Å². The van der Waals surface area contributed by atoms with Crippen LogP contribution in [0.3, 0.4) is 0 Å². The van der Waals surface area contributed by atoms with Crippen LogP contribution in [0.1, 0.15) is 18.4 Å². The average molecular weight is 361 g/mol. The Balaban J connectivity index is 2.46. The maximum atomic E-state index is 12.0. The molecule has 1 aromatic carbocycles. The normalized spacial score (nSPS) is 12.2. The number of aliphatic carboxylic acids is 2. The predicted molar refractivity (Wildman–Crippen MR) is 90.2 cm³/mol. The summed E-state index contributed by atoms with van der Waals surface area (Å²) in [6.07, 6.45) is 0.0893. The molecule has 2 aromatic rings. The molecule has 10 nitrogen and oxygen atoms in total. The van der Waals surface area contributed by atoms with Gasteiger partial charge in [-0.2, -0.15) is 0 Å². The summed E-state index contributed by atoms with van der Waals surface area (Å²) in [6, 6.07) is 6.56. The SMILES string of the molecule is O=C(O)CCC(N=Cc1c(O)n(-c2ccccc2)c(=O)[nH]c1=O)C(=O)O. The minimum absolute atomic E-state index is 0.279. The second kappa shape index (κ2) is 7.92. The smallest absolute Gasteiger partial charge is 0.335 e. The van der Waals surface area contributed by atoms with E-state index in [0.29, 0.717) is 0 Å². The van der Waals surface area contributed by atoms with E-state index < -0.39 is 47.1 Å². The van der Waals surface area contributed by atoms with Crippen molar-refractivity contribution in [1.29, 1.82) is 0 Å². The molecule has 1 heterocycles. The van der Waals surface area contributed by atoms with Gasteiger partial charge in [-0.15, -0.1) is 0 Å². The van der Waals surface area contributed by atoms with Gasteiger partial charge in [0.25, 0.3) is 5.56 Å². The van der Waals surface area contributed by atoms with E-state index in [2.05, 4.69) is 4.99 Å². The molecule has 0 aliphatic heterocycles. The first-order valence-electron chi connectivity index (χ1n) is 7.42. The third-order valence-electron chi connectivity index (χ3n) is 3.44. The highest BCUT2D eigenvalue weighted by Crippen LogP contribution is 2.15. The van der Waals surface area contributed by atoms with Crippen molar-refractivity contribution in [3.8, 4) is 11.6 Å². The quantitative estimate of drug-likeness (QED) is 0.503. The number of nitrogens with zero attached hydrogens (tertiary/aromatic N) is 2. The highest BCUT2D eigenvalue weighted by atomic mass is 16.4. The Kier molecular flexibility index (Phi) is 5.68. The molecular weight excluding hydrogens is 346 g/mol. The van der Waals surface area contributed by atoms with Gasteiger partial charge in [-0.1, -0.05) is 18.2 Å². The van der Waals surface area contributed by atoms with E-state index in [0.717, 1.165) is 10.8 Å². The lowest BCUT2D eigenvalue weighted by Crippen LogP contribution is -2.31. The van der Waals surface area contributed by atoms with Gasteiger partial charge in [-0.05, 0) is 18.6 Å². The number of carboxylic acids is 2. The van der Waals surface area contributed by atoms with Crippen molar-refractivity contribution in [3.63, 3.8) is 0 Å². The summed E-state index contributed by atoms with van der Waals surface area (Å²) in [5, 5.41) is 28.0. The van der Waals surface area contributed by atoms with E-state index in [9.17, 15) is 24.3 Å². The molecule has 0 saturated carbocycles. The summed E-state index contributed by atoms with van der Waals surface area (Å²) in [5.74, 6) is -3.28. The molecule has 2 rings (SSSR count). The van der Waals surface area contributed by atoms with E-state index in [-0.39, 0.29) is 12.1 Å². The van der Waals surface area contributed by atoms with Gasteiger partial charge in [0.1, 0.15) is 11.6 Å². The van der Waals surface area contributed by atoms with Crippen molar-refractivity contribution in [2.75, 3.05) is 0 Å². The van der Waals surface area contributed by atoms with E-state index in [4.69, 9.17) is 10.2 Å². The molecule has 1 aromatic heterocycles. The topological polar surface area (TPSA) is 162 Å². The number of para-hydroxylation sites is 1. The first kappa shape index (κ1) is 18.6. The molecule has 4 N–H and O–H groups in total. The third kappa shape index (κ3) is 4.23. The van der Waals surface area contributed by atoms with E-state index in [1.807, 2.05) is 4.98 Å². The van der Waals surface area contributed by atoms with Gasteiger partial charge in [0.15, 0.2) is 0 Å². The Morgan fingerprint density at radius 3 is 2.42 bits per heavy atom. The second-order valence-electron chi connectivity index (χ2n) is 5.23. The number of carboxylic acid groups (broad SMARTS) is 2. The fourth-order valence-electron chi connectivity index (χ4n) is 2.16. The lowest BCUT2D eigenvalue weighted by molar-refractivity contribution is -0.139. The Bertz CT molecular complexity index is 960. The molecule has 10 heteroatoms. The standard InChI is InChI=1S/C16H15N3O7/c20-12(21)7-6-11(15(24)25)17-8-10-13(22)18-16(26)19(14(10)23)9-4-2-1-3-5-9/h1-5,8,11,23H,6-7H2,(H,20,21)(H,24,25)(H,18,22,26). The van der Waals surface area contributed by atoms with Crippen LogP contribution in [0.25, 0.3) is 5.69 Å². The monoisotopic (exact) mass is 361 g/mol. The van der Waals surface area contributed by atoms with E-state index >= 15 is 0 Å². The molecular formula is C16H15N3O7. The van der Waals surface area contributed by atoms with Crippen LogP contribution < -0.4 is 11.2 Å². The summed E-state index contributed by atoms with van der Waals surface area (Å²) in [5.41, 5.74) is -1.97. The molecule has 0 radical (unpaired) electrons. The molecule has 1 atom stereocenters. The van der Waals surface area contributed by atoms with Crippen LogP contribution in [0.4, 0.5) is 0 Å². The number of hydrogen-bond donors (Lipinski definition) is 4. The first-order chi connectivity index (χ1) is 12.3. The zero-order valence-electron chi connectivity index (χ0n) is 13.3. The van der Waals surface area contributed by atoms with Crippen LogP contribution in [-0.4, -0.2) is 49.1 Å². The van der Waals surface area contributed by atoms with Crippen LogP contribution in [0.5, 0.6) is 5.88 Å². The minimum atomic E-state index is -1.41. The summed E-state index contributed by atoms with van der Waals surface area (Å²) in [6.45, 7) is 0. The number of aromatic amines is 1. The Hall–Kier alpha value is -3.69. The van der Waals surface area contributed by atoms with Gasteiger partial charge >= 0.3 is 17.6 Å². The van der Waals surface area contributed by atoms with Crippen LogP contribution in [0, 0.1) is 0 Å². The molecule has 0 fully saturated rings. The molecule has 26 heavy (non-hydrogen) atoms. The molecule has 0 amide bonds. The summed E-state index contributed by atoms with van der Waals surface area (Å²) in [4.78, 5) is 51.3. The Morgan fingerprint density at radius 1 is 1.19 bits per heavy atom. The largest absolute Gasteiger partial charge is 0.493 e. The Labute approximate surface area is 145 Å². The van der Waals surface area contributed by atoms with Crippen molar-refractivity contribution < 1.29 is 24.9 Å². The number of aromatic hydroxyl groups is 1. The van der Waals surface area contributed by atoms with Gasteiger partial charge in [0, 0.05) is 12.6 Å². The van der Waals surface area contributed by atoms with Gasteiger partial charge in [0.05, 0.1) is 5.69 Å². The highest BCUT2D eigenvalue weighted by Gasteiger charge is 2.19. The maximum Gasteiger partial charge on any atom is 0.335 e. The van der Waals surface area contributed by atoms with Crippen molar-refractivity contribution in [1.82, 2.24) is 9.55 Å². The Morgan fingerprint density at radius 2 is 1.85 bits per heavy atom. The van der Waals surface area contributed by atoms with Gasteiger partial charge in [0.2, 0.25) is 5.88 Å². The fraction of sp³-hybridized carbons (Fsp3) is 0.188. The number of aliphatic imine (C=N–C) groups is 1. The zero-order chi connectivity index (χ0) is 19.3. The average Bonchev–Trinajstić information content (AvgIpc) is 2.57. The summed E-state index contributed by atoms with van der Waals surface area (Å²) in [7, 11) is 0. The number of rotatable bonds is 7. The number of nitrogens with one attached hydrogen (secondary N) is 1. The summed E-state index contributed by atoms with van der Waals surface area (Å²) < 4.78 is 0.829. The zero-order valence-corrected chi connectivity index (χ0v) is 13.3. The van der Waals surface area contributed by atoms with Crippen molar-refractivity contribution in [2.45, 2.75) is 18.9 Å². The van der Waals surface area contributed by atoms with Crippen molar-refractivity contribution in [2.24, 2.45) is 4.99 Å². The lowest BCUT2D eigenvalue weighted by atomic mass is 10.1. The minimum Gasteiger partial charge on any atom is -0.493 e. The van der Waals surface area contributed by atoms with Crippen LogP contribution in [-0.2, 0) is 9.59 Å². The molecule has 1 unspecified atom stereocenters. The van der Waals surface area contributed by atoms with E-state index in [1.54, 1.807) is 18.2 Å². The van der Waals surface area contributed by atoms with Gasteiger partial charge < -0.3 is 15.3 Å². The number of benzene rings is 1.